The van der Waals surface area contributed by atoms with Gasteiger partial charge in [-0.1, -0.05) is 0 Å². The van der Waals surface area contributed by atoms with Gasteiger partial charge in [0.15, 0.2) is 0 Å². The Balaban J connectivity index is 2.34. The summed E-state index contributed by atoms with van der Waals surface area (Å²) in [7, 11) is 0. The predicted molar refractivity (Wildman–Crippen MR) is 62.2 cm³/mol. The van der Waals surface area contributed by atoms with Gasteiger partial charge in [0.2, 0.25) is 0 Å². The molecule has 0 spiro atoms. The summed E-state index contributed by atoms with van der Waals surface area (Å²) in [5, 5.41) is 33.9. The van der Waals surface area contributed by atoms with Crippen LogP contribution in [0.3, 0.4) is 0 Å². The number of hydrogen-bond donors (Lipinski definition) is 3. The minimum atomic E-state index is -1.42. The van der Waals surface area contributed by atoms with E-state index in [1.807, 2.05) is 0 Å². The molecule has 0 aliphatic heterocycles. The molecule has 0 unspecified atom stereocenters. The number of aromatic amines is 1. The lowest BCUT2D eigenvalue weighted by atomic mass is 10.1. The smallest absolute Gasteiger partial charge is 0.338 e. The number of aromatic carboxylic acids is 1. The van der Waals surface area contributed by atoms with Crippen molar-refractivity contribution in [2.75, 3.05) is 5.32 Å². The third kappa shape index (κ3) is 2.55. The van der Waals surface area contributed by atoms with E-state index in [2.05, 4.69) is 25.9 Å². The summed E-state index contributed by atoms with van der Waals surface area (Å²) >= 11 is 0. The maximum atomic E-state index is 11.6. The third-order valence-electron chi connectivity index (χ3n) is 2.24. The van der Waals surface area contributed by atoms with Crippen molar-refractivity contribution >= 4 is 23.3 Å². The van der Waals surface area contributed by atoms with Crippen LogP contribution in [0.25, 0.3) is 0 Å². The molecule has 1 amide bonds. The monoisotopic (exact) mass is 278 g/mol. The molecule has 2 aromatic rings. The van der Waals surface area contributed by atoms with Gasteiger partial charge in [0.25, 0.3) is 17.4 Å². The molecule has 102 valence electrons. The largest absolute Gasteiger partial charge is 0.478 e. The molecule has 0 saturated heterocycles. The maximum Gasteiger partial charge on any atom is 0.338 e. The number of aromatic nitrogens is 4. The number of rotatable bonds is 4. The number of H-pyrrole nitrogens is 1. The standard InChI is InChI=1S/C9H6N6O5/c16-8(7-11-13-14-12-7)10-6-2-1-4(15(19)20)3-5(6)9(17)18/h1-3H,(H,10,16)(H,17,18)(H,11,12,13,14). The second-order valence-corrected chi connectivity index (χ2v) is 3.48. The Hall–Kier alpha value is -3.37. The Bertz CT molecular complexity index is 682. The third-order valence-corrected chi connectivity index (χ3v) is 2.24. The number of carbonyl (C=O) groups excluding carboxylic acids is 1. The Kier molecular flexibility index (Phi) is 3.33. The zero-order valence-corrected chi connectivity index (χ0v) is 9.60. The van der Waals surface area contributed by atoms with Gasteiger partial charge in [0.1, 0.15) is 0 Å². The molecular formula is C9H6N6O5. The molecule has 0 atom stereocenters. The second kappa shape index (κ2) is 5.09. The summed E-state index contributed by atoms with van der Waals surface area (Å²) in [5.41, 5.74) is -0.936. The van der Waals surface area contributed by atoms with Crippen molar-refractivity contribution in [3.8, 4) is 0 Å². The number of anilines is 1. The Labute approximate surface area is 109 Å². The van der Waals surface area contributed by atoms with Gasteiger partial charge in [-0.25, -0.2) is 4.79 Å². The van der Waals surface area contributed by atoms with E-state index in [1.54, 1.807) is 0 Å². The van der Waals surface area contributed by atoms with Gasteiger partial charge in [0.05, 0.1) is 16.2 Å². The zero-order chi connectivity index (χ0) is 14.7. The normalized spacial score (nSPS) is 10.0. The number of benzene rings is 1. The van der Waals surface area contributed by atoms with Gasteiger partial charge in [-0.15, -0.1) is 10.2 Å². The zero-order valence-electron chi connectivity index (χ0n) is 9.60. The molecule has 11 nitrogen and oxygen atoms in total. The number of carbonyl (C=O) groups is 2. The van der Waals surface area contributed by atoms with E-state index in [0.29, 0.717) is 0 Å². The SMILES string of the molecule is O=C(Nc1ccc([N+](=O)[O-])cc1C(=O)O)c1nn[nH]n1. The number of amides is 1. The number of nitro benzene ring substituents is 1. The summed E-state index contributed by atoms with van der Waals surface area (Å²) in [6.07, 6.45) is 0. The van der Waals surface area contributed by atoms with Crippen molar-refractivity contribution in [3.05, 3.63) is 39.7 Å². The first-order valence-electron chi connectivity index (χ1n) is 5.05. The summed E-state index contributed by atoms with van der Waals surface area (Å²) in [6.45, 7) is 0. The Morgan fingerprint density at radius 1 is 1.40 bits per heavy atom. The fourth-order valence-electron chi connectivity index (χ4n) is 1.37. The number of nitrogens with zero attached hydrogens (tertiary/aromatic N) is 4. The molecule has 20 heavy (non-hydrogen) atoms. The topological polar surface area (TPSA) is 164 Å². The summed E-state index contributed by atoms with van der Waals surface area (Å²) in [4.78, 5) is 32.5. The maximum absolute atomic E-state index is 11.6. The lowest BCUT2D eigenvalue weighted by Gasteiger charge is -2.06. The molecule has 1 aromatic carbocycles. The molecule has 0 aliphatic rings. The Morgan fingerprint density at radius 3 is 2.70 bits per heavy atom. The highest BCUT2D eigenvalue weighted by molar-refractivity contribution is 6.06. The number of nitro groups is 1. The van der Waals surface area contributed by atoms with E-state index in [1.165, 1.54) is 0 Å². The van der Waals surface area contributed by atoms with Crippen LogP contribution in [0.5, 0.6) is 0 Å². The van der Waals surface area contributed by atoms with Crippen molar-refractivity contribution in [2.24, 2.45) is 0 Å². The average molecular weight is 278 g/mol. The minimum absolute atomic E-state index is 0.113. The van der Waals surface area contributed by atoms with Crippen LogP contribution in [0, 0.1) is 10.1 Å². The van der Waals surface area contributed by atoms with Crippen LogP contribution in [0.4, 0.5) is 11.4 Å². The quantitative estimate of drug-likeness (QED) is 0.521. The highest BCUT2D eigenvalue weighted by Gasteiger charge is 2.19. The van der Waals surface area contributed by atoms with E-state index in [-0.39, 0.29) is 11.5 Å². The molecule has 2 rings (SSSR count). The minimum Gasteiger partial charge on any atom is -0.478 e. The van der Waals surface area contributed by atoms with Crippen molar-refractivity contribution < 1.29 is 19.6 Å². The van der Waals surface area contributed by atoms with Crippen LogP contribution in [0.15, 0.2) is 18.2 Å². The average Bonchev–Trinajstić information content (AvgIpc) is 2.92. The summed E-state index contributed by atoms with van der Waals surface area (Å²) in [6, 6.07) is 3.02. The lowest BCUT2D eigenvalue weighted by molar-refractivity contribution is -0.384. The van der Waals surface area contributed by atoms with Gasteiger partial charge in [-0.05, 0) is 11.3 Å². The van der Waals surface area contributed by atoms with E-state index in [9.17, 15) is 19.7 Å². The number of tetrazole rings is 1. The van der Waals surface area contributed by atoms with Gasteiger partial charge < -0.3 is 10.4 Å². The number of nitrogens with one attached hydrogen (secondary N) is 2. The van der Waals surface area contributed by atoms with Crippen molar-refractivity contribution in [1.29, 1.82) is 0 Å². The molecule has 1 heterocycles. The molecule has 1 aromatic heterocycles. The molecule has 11 heteroatoms. The van der Waals surface area contributed by atoms with Crippen LogP contribution < -0.4 is 5.32 Å². The van der Waals surface area contributed by atoms with Crippen molar-refractivity contribution in [3.63, 3.8) is 0 Å². The summed E-state index contributed by atoms with van der Waals surface area (Å²) in [5.74, 6) is -2.51. The van der Waals surface area contributed by atoms with Crippen LogP contribution in [0.1, 0.15) is 21.0 Å². The van der Waals surface area contributed by atoms with E-state index < -0.39 is 28.1 Å². The van der Waals surface area contributed by atoms with Gasteiger partial charge in [-0.3, -0.25) is 14.9 Å². The number of non-ortho nitro benzene ring substituents is 1. The summed E-state index contributed by atoms with van der Waals surface area (Å²) < 4.78 is 0. The highest BCUT2D eigenvalue weighted by Crippen LogP contribution is 2.22. The highest BCUT2D eigenvalue weighted by atomic mass is 16.6. The first kappa shape index (κ1) is 13.1. The van der Waals surface area contributed by atoms with Crippen molar-refractivity contribution in [1.82, 2.24) is 20.6 Å². The van der Waals surface area contributed by atoms with Crippen molar-refractivity contribution in [2.45, 2.75) is 0 Å². The van der Waals surface area contributed by atoms with Gasteiger partial charge >= 0.3 is 5.97 Å². The fourth-order valence-corrected chi connectivity index (χ4v) is 1.37. The molecule has 0 radical (unpaired) electrons. The molecular weight excluding hydrogens is 272 g/mol. The van der Waals surface area contributed by atoms with E-state index in [4.69, 9.17) is 5.11 Å². The lowest BCUT2D eigenvalue weighted by Crippen LogP contribution is -2.16. The first-order valence-corrected chi connectivity index (χ1v) is 5.05. The molecule has 3 N–H and O–H groups in total. The van der Waals surface area contributed by atoms with Crippen LogP contribution in [-0.4, -0.2) is 42.5 Å². The second-order valence-electron chi connectivity index (χ2n) is 3.48. The first-order chi connectivity index (χ1) is 9.49. The van der Waals surface area contributed by atoms with Crippen LogP contribution in [0.2, 0.25) is 0 Å². The van der Waals surface area contributed by atoms with E-state index in [0.717, 1.165) is 18.2 Å². The van der Waals surface area contributed by atoms with Crippen LogP contribution in [-0.2, 0) is 0 Å². The van der Waals surface area contributed by atoms with E-state index >= 15 is 0 Å². The van der Waals surface area contributed by atoms with Gasteiger partial charge in [0, 0.05) is 12.1 Å². The Morgan fingerprint density at radius 2 is 2.15 bits per heavy atom. The molecule has 0 bridgehead atoms. The van der Waals surface area contributed by atoms with Crippen LogP contribution >= 0.6 is 0 Å². The molecule has 0 aliphatic carbocycles. The fraction of sp³-hybridized carbons (Fsp3) is 0. The number of carboxylic acid groups (broad SMARTS) is 1. The molecule has 0 saturated carbocycles. The predicted octanol–water partition coefficient (Wildman–Crippen LogP) is 0.0584. The van der Waals surface area contributed by atoms with Gasteiger partial charge in [-0.2, -0.15) is 5.21 Å². The number of hydrogen-bond acceptors (Lipinski definition) is 7. The number of carboxylic acids is 1. The molecule has 0 fully saturated rings.